The number of hydrogen-bond donors (Lipinski definition) is 5. The molecule has 1 saturated carbocycles. The van der Waals surface area contributed by atoms with Crippen molar-refractivity contribution in [1.82, 2.24) is 10.3 Å². The number of rotatable bonds is 7. The Hall–Kier alpha value is -1.60. The Balaban J connectivity index is 0.00000261. The van der Waals surface area contributed by atoms with Crippen molar-refractivity contribution in [3.63, 3.8) is 0 Å². The van der Waals surface area contributed by atoms with E-state index in [0.717, 1.165) is 29.3 Å². The Morgan fingerprint density at radius 3 is 2.67 bits per heavy atom. The molecule has 1 aromatic heterocycles. The summed E-state index contributed by atoms with van der Waals surface area (Å²) in [6.45, 7) is 0.491. The summed E-state index contributed by atoms with van der Waals surface area (Å²) in [6, 6.07) is 7.79. The highest BCUT2D eigenvalue weighted by Crippen LogP contribution is 2.38. The van der Waals surface area contributed by atoms with Gasteiger partial charge in [-0.1, -0.05) is 37.5 Å². The van der Waals surface area contributed by atoms with Crippen molar-refractivity contribution in [2.24, 2.45) is 11.5 Å². The summed E-state index contributed by atoms with van der Waals surface area (Å²) in [6.07, 6.45) is 5.71. The number of amides is 1. The molecule has 2 atom stereocenters. The highest BCUT2D eigenvalue weighted by molar-refractivity contribution is 6.01. The summed E-state index contributed by atoms with van der Waals surface area (Å²) in [5, 5.41) is 13.7. The lowest BCUT2D eigenvalue weighted by Crippen LogP contribution is -2.41. The maximum Gasteiger partial charge on any atom is 0.268 e. The molecule has 3 rings (SSSR count). The number of para-hydroxylation sites is 1. The van der Waals surface area contributed by atoms with E-state index in [1.54, 1.807) is 0 Å². The first kappa shape index (κ1) is 21.7. The van der Waals surface area contributed by atoms with Crippen LogP contribution >= 0.6 is 12.4 Å². The Bertz CT molecular complexity index is 743. The second kappa shape index (κ2) is 10.1. The van der Waals surface area contributed by atoms with E-state index in [1.165, 1.54) is 19.3 Å². The lowest BCUT2D eigenvalue weighted by molar-refractivity contribution is 0.0939. The van der Waals surface area contributed by atoms with Gasteiger partial charge in [0.25, 0.3) is 5.91 Å². The molecule has 6 nitrogen and oxygen atoms in total. The van der Waals surface area contributed by atoms with E-state index in [-0.39, 0.29) is 30.9 Å². The molecule has 150 valence electrons. The number of aliphatic hydroxyl groups is 1. The summed E-state index contributed by atoms with van der Waals surface area (Å²) >= 11 is 0. The quantitative estimate of drug-likeness (QED) is 0.495. The first-order valence-corrected chi connectivity index (χ1v) is 9.62. The average Bonchev–Trinajstić information content (AvgIpc) is 3.06. The van der Waals surface area contributed by atoms with Crippen LogP contribution in [-0.4, -0.2) is 41.2 Å². The first-order chi connectivity index (χ1) is 12.6. The molecule has 1 aliphatic rings. The van der Waals surface area contributed by atoms with Crippen LogP contribution < -0.4 is 16.8 Å². The molecule has 1 heterocycles. The van der Waals surface area contributed by atoms with E-state index in [1.807, 2.05) is 18.2 Å². The van der Waals surface area contributed by atoms with E-state index in [9.17, 15) is 9.90 Å². The standard InChI is InChI=1S/C20H30N4O2.ClH/c21-11-15(25)10-14(22)12-23-20(26)19-18(13-6-2-1-3-7-13)16-8-4-5-9-17(16)24-19;/h4-5,8-9,13-15,24-25H,1-3,6-7,10-12,21-22H2,(H,23,26);1H/t14-,15?;/m0./s1. The van der Waals surface area contributed by atoms with E-state index in [0.29, 0.717) is 24.6 Å². The second-order valence-electron chi connectivity index (χ2n) is 7.39. The molecule has 1 amide bonds. The third-order valence-corrected chi connectivity index (χ3v) is 5.36. The highest BCUT2D eigenvalue weighted by atomic mass is 35.5. The van der Waals surface area contributed by atoms with Gasteiger partial charge in [0.15, 0.2) is 0 Å². The molecule has 27 heavy (non-hydrogen) atoms. The van der Waals surface area contributed by atoms with Crippen molar-refractivity contribution in [1.29, 1.82) is 0 Å². The number of carbonyl (C=O) groups excluding carboxylic acids is 1. The van der Waals surface area contributed by atoms with Gasteiger partial charge in [0.1, 0.15) is 5.69 Å². The van der Waals surface area contributed by atoms with E-state index in [4.69, 9.17) is 11.5 Å². The smallest absolute Gasteiger partial charge is 0.268 e. The number of H-pyrrole nitrogens is 1. The Labute approximate surface area is 166 Å². The molecule has 0 bridgehead atoms. The number of nitrogens with one attached hydrogen (secondary N) is 2. The number of fused-ring (bicyclic) bond motifs is 1. The molecule has 7 N–H and O–H groups in total. The van der Waals surface area contributed by atoms with Gasteiger partial charge < -0.3 is 26.9 Å². The lowest BCUT2D eigenvalue weighted by atomic mass is 9.82. The summed E-state index contributed by atoms with van der Waals surface area (Å²) in [4.78, 5) is 16.2. The fourth-order valence-electron chi connectivity index (χ4n) is 4.00. The molecule has 7 heteroatoms. The number of halogens is 1. The molecule has 1 fully saturated rings. The van der Waals surface area contributed by atoms with Crippen molar-refractivity contribution in [2.45, 2.75) is 56.6 Å². The zero-order chi connectivity index (χ0) is 18.5. The molecule has 1 aromatic carbocycles. The molecule has 0 radical (unpaired) electrons. The average molecular weight is 395 g/mol. The van der Waals surface area contributed by atoms with Crippen molar-refractivity contribution < 1.29 is 9.90 Å². The molecule has 1 aliphatic carbocycles. The summed E-state index contributed by atoms with van der Waals surface area (Å²) in [5.74, 6) is 0.299. The van der Waals surface area contributed by atoms with Crippen molar-refractivity contribution in [3.05, 3.63) is 35.5 Å². The number of nitrogens with two attached hydrogens (primary N) is 2. The summed E-state index contributed by atoms with van der Waals surface area (Å²) < 4.78 is 0. The third-order valence-electron chi connectivity index (χ3n) is 5.36. The molecule has 0 aliphatic heterocycles. The number of aliphatic hydroxyl groups excluding tert-OH is 1. The molecule has 0 spiro atoms. The van der Waals surface area contributed by atoms with Gasteiger partial charge >= 0.3 is 0 Å². The maximum absolute atomic E-state index is 12.9. The van der Waals surface area contributed by atoms with Gasteiger partial charge in [-0.05, 0) is 36.8 Å². The molecular formula is C20H31ClN4O2. The number of hydrogen-bond acceptors (Lipinski definition) is 4. The Morgan fingerprint density at radius 2 is 1.96 bits per heavy atom. The number of aromatic nitrogens is 1. The van der Waals surface area contributed by atoms with Gasteiger partial charge in [0.2, 0.25) is 0 Å². The van der Waals surface area contributed by atoms with Gasteiger partial charge in [-0.25, -0.2) is 0 Å². The molecule has 2 aromatic rings. The van der Waals surface area contributed by atoms with Crippen LogP contribution in [0.25, 0.3) is 10.9 Å². The van der Waals surface area contributed by atoms with Crippen LogP contribution in [-0.2, 0) is 0 Å². The van der Waals surface area contributed by atoms with Crippen molar-refractivity contribution in [2.75, 3.05) is 13.1 Å². The number of carbonyl (C=O) groups is 1. The van der Waals surface area contributed by atoms with Crippen LogP contribution in [0.5, 0.6) is 0 Å². The van der Waals surface area contributed by atoms with Gasteiger partial charge in [0.05, 0.1) is 6.10 Å². The van der Waals surface area contributed by atoms with Gasteiger partial charge in [-0.15, -0.1) is 12.4 Å². The summed E-state index contributed by atoms with van der Waals surface area (Å²) in [7, 11) is 0. The second-order valence-corrected chi connectivity index (χ2v) is 7.39. The highest BCUT2D eigenvalue weighted by Gasteiger charge is 2.26. The topological polar surface area (TPSA) is 117 Å². The van der Waals surface area contributed by atoms with Crippen molar-refractivity contribution in [3.8, 4) is 0 Å². The van der Waals surface area contributed by atoms with E-state index >= 15 is 0 Å². The monoisotopic (exact) mass is 394 g/mol. The van der Waals surface area contributed by atoms with E-state index < -0.39 is 6.10 Å². The minimum absolute atomic E-state index is 0. The summed E-state index contributed by atoms with van der Waals surface area (Å²) in [5.41, 5.74) is 14.2. The van der Waals surface area contributed by atoms with Crippen LogP contribution in [0.4, 0.5) is 0 Å². The zero-order valence-corrected chi connectivity index (χ0v) is 16.4. The van der Waals surface area contributed by atoms with Gasteiger partial charge in [0, 0.05) is 30.0 Å². The normalized spacial score (nSPS) is 17.3. The van der Waals surface area contributed by atoms with Gasteiger partial charge in [-0.2, -0.15) is 0 Å². The van der Waals surface area contributed by atoms with Crippen LogP contribution in [0.2, 0.25) is 0 Å². The Morgan fingerprint density at radius 1 is 1.26 bits per heavy atom. The molecular weight excluding hydrogens is 364 g/mol. The predicted molar refractivity (Wildman–Crippen MR) is 111 cm³/mol. The van der Waals surface area contributed by atoms with Crippen LogP contribution in [0.3, 0.4) is 0 Å². The minimum atomic E-state index is -0.632. The SMILES string of the molecule is Cl.NCC(O)C[C@H](N)CNC(=O)c1[nH]c2ccccc2c1C1CCCCC1. The zero-order valence-electron chi connectivity index (χ0n) is 15.6. The Kier molecular flexibility index (Phi) is 8.10. The van der Waals surface area contributed by atoms with Crippen LogP contribution in [0.1, 0.15) is 60.5 Å². The first-order valence-electron chi connectivity index (χ1n) is 9.62. The fourth-order valence-corrected chi connectivity index (χ4v) is 4.00. The lowest BCUT2D eigenvalue weighted by Gasteiger charge is -2.23. The molecule has 1 unspecified atom stereocenters. The fraction of sp³-hybridized carbons (Fsp3) is 0.550. The predicted octanol–water partition coefficient (Wildman–Crippen LogP) is 2.40. The van der Waals surface area contributed by atoms with Gasteiger partial charge in [-0.3, -0.25) is 4.79 Å². The molecule has 0 saturated heterocycles. The van der Waals surface area contributed by atoms with Crippen LogP contribution in [0.15, 0.2) is 24.3 Å². The maximum atomic E-state index is 12.9. The minimum Gasteiger partial charge on any atom is -0.392 e. The van der Waals surface area contributed by atoms with Crippen LogP contribution in [0, 0.1) is 0 Å². The number of benzene rings is 1. The van der Waals surface area contributed by atoms with E-state index in [2.05, 4.69) is 16.4 Å². The largest absolute Gasteiger partial charge is 0.392 e. The van der Waals surface area contributed by atoms with Crippen molar-refractivity contribution >= 4 is 29.2 Å². The number of aromatic amines is 1. The third kappa shape index (κ3) is 5.23.